The van der Waals surface area contributed by atoms with Gasteiger partial charge in [-0.05, 0) is 28.0 Å². The van der Waals surface area contributed by atoms with Crippen molar-refractivity contribution in [2.75, 3.05) is 6.61 Å². The summed E-state index contributed by atoms with van der Waals surface area (Å²) < 4.78 is 8.09. The van der Waals surface area contributed by atoms with E-state index in [0.29, 0.717) is 22.7 Å². The molecule has 1 N–H and O–H groups in total. The monoisotopic (exact) mass is 480 g/mol. The van der Waals surface area contributed by atoms with Crippen LogP contribution < -0.4 is 0 Å². The number of aromatic carboxylic acids is 1. The minimum absolute atomic E-state index is 0.145. The Morgan fingerprint density at radius 3 is 2.64 bits per heavy atom. The molecule has 2 aromatic heterocycles. The van der Waals surface area contributed by atoms with E-state index in [1.165, 1.54) is 0 Å². The number of rotatable bonds is 8. The molecule has 0 fully saturated rings. The lowest BCUT2D eigenvalue weighted by atomic mass is 10.1. The number of halogens is 1. The van der Waals surface area contributed by atoms with Gasteiger partial charge in [0.05, 0.1) is 11.1 Å². The zero-order valence-electron chi connectivity index (χ0n) is 15.9. The predicted octanol–water partition coefficient (Wildman–Crippen LogP) is 5.10. The number of para-hydroxylation sites is 1. The summed E-state index contributed by atoms with van der Waals surface area (Å²) in [5.74, 6) is -1.46. The van der Waals surface area contributed by atoms with Gasteiger partial charge in [-0.1, -0.05) is 37.8 Å². The van der Waals surface area contributed by atoms with Crippen LogP contribution in [0.25, 0.3) is 10.9 Å². The lowest BCUT2D eigenvalue weighted by molar-refractivity contribution is 0.0690. The number of hydrogen-bond donors (Lipinski definition) is 1. The molecule has 28 heavy (non-hydrogen) atoms. The van der Waals surface area contributed by atoms with Crippen LogP contribution >= 0.6 is 27.3 Å². The molecular formula is C19H21BrN2O4SSi. The van der Waals surface area contributed by atoms with E-state index in [9.17, 15) is 9.59 Å². The quantitative estimate of drug-likeness (QED) is 0.275. The summed E-state index contributed by atoms with van der Waals surface area (Å²) in [6.45, 7) is 7.95. The van der Waals surface area contributed by atoms with E-state index in [1.807, 2.05) is 28.8 Å². The smallest absolute Gasteiger partial charge is 0.356 e. The standard InChI is InChI=1S/C19H21BrN2O4SSi/c1-28(2,3)9-8-26-11-22-10-13(12-6-4-5-7-14(12)22)16(23)18-21-15(19(24)25)17(20)27-18/h4-7,10H,8-9,11H2,1-3H3,(H,24,25). The molecule has 0 aliphatic carbocycles. The number of hydrogen-bond acceptors (Lipinski definition) is 5. The van der Waals surface area contributed by atoms with E-state index < -0.39 is 14.0 Å². The van der Waals surface area contributed by atoms with E-state index in [-0.39, 0.29) is 16.5 Å². The van der Waals surface area contributed by atoms with Crippen molar-refractivity contribution in [3.8, 4) is 0 Å². The van der Waals surface area contributed by atoms with Crippen LogP contribution in [-0.4, -0.2) is 41.1 Å². The van der Waals surface area contributed by atoms with Crippen LogP contribution in [0.15, 0.2) is 34.2 Å². The van der Waals surface area contributed by atoms with Gasteiger partial charge in [0.15, 0.2) is 10.7 Å². The number of carbonyl (C=O) groups is 2. The van der Waals surface area contributed by atoms with Gasteiger partial charge in [0.25, 0.3) is 0 Å². The van der Waals surface area contributed by atoms with Crippen molar-refractivity contribution in [1.82, 2.24) is 9.55 Å². The second-order valence-corrected chi connectivity index (χ2v) is 15.6. The minimum atomic E-state index is -1.17. The summed E-state index contributed by atoms with van der Waals surface area (Å²) in [7, 11) is -1.17. The number of carbonyl (C=O) groups excluding carboxylic acids is 1. The van der Waals surface area contributed by atoms with E-state index in [1.54, 1.807) is 6.20 Å². The SMILES string of the molecule is C[Si](C)(C)CCOCn1cc(C(=O)c2nc(C(=O)O)c(Br)s2)c2ccccc21. The zero-order chi connectivity index (χ0) is 20.5. The molecular weight excluding hydrogens is 460 g/mol. The Kier molecular flexibility index (Phi) is 6.18. The van der Waals surface area contributed by atoms with Crippen molar-refractivity contribution in [3.05, 3.63) is 50.5 Å². The molecule has 6 nitrogen and oxygen atoms in total. The number of carboxylic acids is 1. The lowest BCUT2D eigenvalue weighted by Crippen LogP contribution is -2.21. The highest BCUT2D eigenvalue weighted by atomic mass is 79.9. The maximum atomic E-state index is 13.0. The highest BCUT2D eigenvalue weighted by Gasteiger charge is 2.23. The minimum Gasteiger partial charge on any atom is -0.476 e. The molecule has 0 radical (unpaired) electrons. The Bertz CT molecular complexity index is 1040. The van der Waals surface area contributed by atoms with Crippen molar-refractivity contribution in [2.24, 2.45) is 0 Å². The molecule has 0 atom stereocenters. The molecule has 0 aliphatic heterocycles. The molecule has 0 unspecified atom stereocenters. The number of ether oxygens (including phenoxy) is 1. The molecule has 3 aromatic rings. The molecule has 0 aliphatic rings. The highest BCUT2D eigenvalue weighted by Crippen LogP contribution is 2.29. The Labute approximate surface area is 176 Å². The van der Waals surface area contributed by atoms with Crippen molar-refractivity contribution < 1.29 is 19.4 Å². The summed E-state index contributed by atoms with van der Waals surface area (Å²) >= 11 is 4.20. The second-order valence-electron chi connectivity index (χ2n) is 7.65. The first kappa shape index (κ1) is 20.9. The van der Waals surface area contributed by atoms with Gasteiger partial charge in [0.2, 0.25) is 5.78 Å². The maximum absolute atomic E-state index is 13.0. The van der Waals surface area contributed by atoms with Crippen LogP contribution in [0.1, 0.15) is 25.9 Å². The third kappa shape index (κ3) is 4.60. The van der Waals surface area contributed by atoms with Gasteiger partial charge in [0, 0.05) is 26.3 Å². The van der Waals surface area contributed by atoms with Gasteiger partial charge < -0.3 is 14.4 Å². The van der Waals surface area contributed by atoms with Crippen molar-refractivity contribution in [1.29, 1.82) is 0 Å². The van der Waals surface area contributed by atoms with Gasteiger partial charge in [0.1, 0.15) is 10.5 Å². The van der Waals surface area contributed by atoms with Gasteiger partial charge in [-0.15, -0.1) is 11.3 Å². The fourth-order valence-electron chi connectivity index (χ4n) is 2.72. The molecule has 148 valence electrons. The Morgan fingerprint density at radius 1 is 1.29 bits per heavy atom. The Morgan fingerprint density at radius 2 is 2.00 bits per heavy atom. The summed E-state index contributed by atoms with van der Waals surface area (Å²) in [6.07, 6.45) is 1.76. The summed E-state index contributed by atoms with van der Waals surface area (Å²) in [6, 6.07) is 8.67. The Balaban J connectivity index is 1.88. The zero-order valence-corrected chi connectivity index (χ0v) is 19.3. The third-order valence-electron chi connectivity index (χ3n) is 4.24. The van der Waals surface area contributed by atoms with Crippen molar-refractivity contribution >= 4 is 58.0 Å². The van der Waals surface area contributed by atoms with E-state index in [4.69, 9.17) is 9.84 Å². The second kappa shape index (κ2) is 8.28. The molecule has 0 saturated carbocycles. The van der Waals surface area contributed by atoms with Gasteiger partial charge in [-0.2, -0.15) is 0 Å². The van der Waals surface area contributed by atoms with Crippen LogP contribution in [-0.2, 0) is 11.5 Å². The fourth-order valence-corrected chi connectivity index (χ4v) is 4.94. The van der Waals surface area contributed by atoms with Gasteiger partial charge in [-0.3, -0.25) is 4.79 Å². The first-order chi connectivity index (χ1) is 13.2. The lowest BCUT2D eigenvalue weighted by Gasteiger charge is -2.15. The van der Waals surface area contributed by atoms with Crippen LogP contribution in [0.4, 0.5) is 0 Å². The van der Waals surface area contributed by atoms with Gasteiger partial charge in [-0.25, -0.2) is 9.78 Å². The summed E-state index contributed by atoms with van der Waals surface area (Å²) in [5, 5.41) is 10.1. The number of benzene rings is 1. The fraction of sp³-hybridized carbons (Fsp3) is 0.316. The average molecular weight is 481 g/mol. The van der Waals surface area contributed by atoms with Crippen LogP contribution in [0, 0.1) is 0 Å². The van der Waals surface area contributed by atoms with Gasteiger partial charge >= 0.3 is 5.97 Å². The van der Waals surface area contributed by atoms with Crippen molar-refractivity contribution in [2.45, 2.75) is 32.4 Å². The molecule has 3 rings (SSSR count). The van der Waals surface area contributed by atoms with Crippen LogP contribution in [0.3, 0.4) is 0 Å². The predicted molar refractivity (Wildman–Crippen MR) is 116 cm³/mol. The maximum Gasteiger partial charge on any atom is 0.356 e. The van der Waals surface area contributed by atoms with E-state index in [0.717, 1.165) is 28.3 Å². The molecule has 0 bridgehead atoms. The first-order valence-corrected chi connectivity index (χ1v) is 14.1. The largest absolute Gasteiger partial charge is 0.476 e. The Hall–Kier alpha value is -1.81. The molecule has 0 amide bonds. The third-order valence-corrected chi connectivity index (χ3v) is 7.65. The number of aromatic nitrogens is 2. The molecule has 2 heterocycles. The summed E-state index contributed by atoms with van der Waals surface area (Å²) in [5.41, 5.74) is 1.24. The summed E-state index contributed by atoms with van der Waals surface area (Å²) in [4.78, 5) is 28.2. The average Bonchev–Trinajstić information content (AvgIpc) is 3.19. The van der Waals surface area contributed by atoms with E-state index >= 15 is 0 Å². The number of ketones is 1. The number of nitrogens with zero attached hydrogens (tertiary/aromatic N) is 2. The molecule has 0 spiro atoms. The topological polar surface area (TPSA) is 81.4 Å². The molecule has 1 aromatic carbocycles. The molecule has 0 saturated heterocycles. The normalized spacial score (nSPS) is 11.9. The number of carboxylic acid groups (broad SMARTS) is 1. The van der Waals surface area contributed by atoms with E-state index in [2.05, 4.69) is 40.6 Å². The highest BCUT2D eigenvalue weighted by molar-refractivity contribution is 9.11. The van der Waals surface area contributed by atoms with Crippen LogP contribution in [0.5, 0.6) is 0 Å². The van der Waals surface area contributed by atoms with Crippen molar-refractivity contribution in [3.63, 3.8) is 0 Å². The number of fused-ring (bicyclic) bond motifs is 1. The van der Waals surface area contributed by atoms with Crippen LogP contribution in [0.2, 0.25) is 25.7 Å². The number of thiazole rings is 1. The first-order valence-electron chi connectivity index (χ1n) is 8.77. The molecule has 9 heteroatoms.